The third-order valence-corrected chi connectivity index (χ3v) is 6.92. The lowest BCUT2D eigenvalue weighted by Crippen LogP contribution is -2.16. The molecule has 0 saturated heterocycles. The molecule has 7 nitrogen and oxygen atoms in total. The molecule has 39 heavy (non-hydrogen) atoms. The van der Waals surface area contributed by atoms with Crippen LogP contribution < -0.4 is 14.2 Å². The second-order valence-electron chi connectivity index (χ2n) is 10.5. The Morgan fingerprint density at radius 3 is 2.82 bits per heavy atom. The number of benzene rings is 2. The van der Waals surface area contributed by atoms with Crippen LogP contribution >= 0.6 is 0 Å². The van der Waals surface area contributed by atoms with E-state index in [0.717, 1.165) is 16.7 Å². The third-order valence-electron chi connectivity index (χ3n) is 6.92. The maximum Gasteiger partial charge on any atom is 0.306 e. The van der Waals surface area contributed by atoms with Crippen LogP contribution in [0.25, 0.3) is 6.08 Å². The van der Waals surface area contributed by atoms with Gasteiger partial charge in [-0.05, 0) is 62.9 Å². The molecule has 2 heterocycles. The molecule has 0 spiro atoms. The number of aliphatic hydroxyl groups is 1. The van der Waals surface area contributed by atoms with Gasteiger partial charge in [0.05, 0.1) is 25.7 Å². The number of esters is 1. The minimum atomic E-state index is -0.763. The fourth-order valence-electron chi connectivity index (χ4n) is 4.95. The van der Waals surface area contributed by atoms with Crippen molar-refractivity contribution in [2.45, 2.75) is 57.2 Å². The first-order valence-corrected chi connectivity index (χ1v) is 13.0. The van der Waals surface area contributed by atoms with Crippen molar-refractivity contribution in [3.8, 4) is 23.1 Å². The Bertz CT molecular complexity index is 1380. The van der Waals surface area contributed by atoms with Crippen LogP contribution in [0.4, 0.5) is 4.39 Å². The van der Waals surface area contributed by atoms with E-state index in [2.05, 4.69) is 4.98 Å². The Labute approximate surface area is 227 Å². The van der Waals surface area contributed by atoms with E-state index in [0.29, 0.717) is 54.6 Å². The lowest BCUT2D eigenvalue weighted by atomic mass is 9.98. The number of carbonyl (C=O) groups is 1. The van der Waals surface area contributed by atoms with E-state index in [1.54, 1.807) is 38.2 Å². The number of methoxy groups -OCH3 is 1. The van der Waals surface area contributed by atoms with Gasteiger partial charge < -0.3 is 24.1 Å². The predicted molar refractivity (Wildman–Crippen MR) is 144 cm³/mol. The molecule has 204 valence electrons. The van der Waals surface area contributed by atoms with Crippen LogP contribution in [-0.4, -0.2) is 35.4 Å². The van der Waals surface area contributed by atoms with Gasteiger partial charge in [-0.25, -0.2) is 9.37 Å². The molecule has 0 amide bonds. The Morgan fingerprint density at radius 1 is 1.23 bits per heavy atom. The minimum absolute atomic E-state index is 0.0581. The molecular formula is C31H32FNO6. The molecule has 0 bridgehead atoms. The van der Waals surface area contributed by atoms with E-state index >= 15 is 0 Å². The predicted octanol–water partition coefficient (Wildman–Crippen LogP) is 6.29. The standard InChI is InChI=1S/C31H32FNO6/c1-31(2,35)14-4-5-19-6-13-28(33-17-19)39-25-12-10-24(32)30-23(25)9-11-26(30)38-21-7-8-22-20(15-29(34)36-3)18-37-27(22)16-21/h4-8,10,12-13,16-17,20,26,35H,9,11,14-15,18H2,1-3H3/t20?,26-/m1/s1. The molecule has 1 aliphatic heterocycles. The zero-order valence-corrected chi connectivity index (χ0v) is 22.3. The van der Waals surface area contributed by atoms with Crippen molar-refractivity contribution in [1.82, 2.24) is 4.98 Å². The number of rotatable bonds is 9. The topological polar surface area (TPSA) is 87.1 Å². The Kier molecular flexibility index (Phi) is 7.57. The number of hydrogen-bond acceptors (Lipinski definition) is 7. The average Bonchev–Trinajstić information content (AvgIpc) is 3.50. The first-order chi connectivity index (χ1) is 18.7. The number of aromatic nitrogens is 1. The summed E-state index contributed by atoms with van der Waals surface area (Å²) in [6.07, 6.45) is 7.02. The van der Waals surface area contributed by atoms with E-state index in [1.807, 2.05) is 30.4 Å². The molecular weight excluding hydrogens is 501 g/mol. The first kappa shape index (κ1) is 26.7. The zero-order valence-electron chi connectivity index (χ0n) is 22.3. The zero-order chi connectivity index (χ0) is 27.6. The fraction of sp³-hybridized carbons (Fsp3) is 0.355. The Morgan fingerprint density at radius 2 is 2.08 bits per heavy atom. The van der Waals surface area contributed by atoms with Crippen LogP contribution in [-0.2, 0) is 16.0 Å². The molecule has 2 atom stereocenters. The molecule has 1 aromatic heterocycles. The average molecular weight is 534 g/mol. The van der Waals surface area contributed by atoms with E-state index in [4.69, 9.17) is 18.9 Å². The van der Waals surface area contributed by atoms with E-state index in [-0.39, 0.29) is 24.1 Å². The van der Waals surface area contributed by atoms with E-state index < -0.39 is 11.7 Å². The molecule has 8 heteroatoms. The fourth-order valence-corrected chi connectivity index (χ4v) is 4.95. The summed E-state index contributed by atoms with van der Waals surface area (Å²) in [6, 6.07) is 12.2. The van der Waals surface area contributed by atoms with Crippen LogP contribution in [0, 0.1) is 5.82 Å². The Balaban J connectivity index is 1.28. The molecule has 3 aromatic rings. The van der Waals surface area contributed by atoms with Crippen molar-refractivity contribution < 1.29 is 33.2 Å². The smallest absolute Gasteiger partial charge is 0.306 e. The van der Waals surface area contributed by atoms with E-state index in [1.165, 1.54) is 13.2 Å². The number of ether oxygens (including phenoxy) is 4. The van der Waals surface area contributed by atoms with Crippen molar-refractivity contribution in [2.24, 2.45) is 0 Å². The number of fused-ring (bicyclic) bond motifs is 2. The number of pyridine rings is 1. The summed E-state index contributed by atoms with van der Waals surface area (Å²) < 4.78 is 37.8. The molecule has 5 rings (SSSR count). The van der Waals surface area contributed by atoms with Gasteiger partial charge >= 0.3 is 5.97 Å². The lowest BCUT2D eigenvalue weighted by molar-refractivity contribution is -0.141. The summed E-state index contributed by atoms with van der Waals surface area (Å²) in [5.74, 6) is 1.53. The molecule has 0 radical (unpaired) electrons. The largest absolute Gasteiger partial charge is 0.492 e. The summed E-state index contributed by atoms with van der Waals surface area (Å²) in [4.78, 5) is 16.1. The maximum atomic E-state index is 15.0. The first-order valence-electron chi connectivity index (χ1n) is 13.0. The summed E-state index contributed by atoms with van der Waals surface area (Å²) in [6.45, 7) is 3.92. The van der Waals surface area contributed by atoms with Gasteiger partial charge in [0.2, 0.25) is 5.88 Å². The van der Waals surface area contributed by atoms with Gasteiger partial charge in [-0.3, -0.25) is 4.79 Å². The second kappa shape index (κ2) is 11.1. The van der Waals surface area contributed by atoms with Crippen LogP contribution in [0.1, 0.15) is 67.4 Å². The highest BCUT2D eigenvalue weighted by Crippen LogP contribution is 2.44. The van der Waals surface area contributed by atoms with Crippen molar-refractivity contribution in [3.05, 3.63) is 82.8 Å². The van der Waals surface area contributed by atoms with E-state index in [9.17, 15) is 14.3 Å². The molecule has 1 unspecified atom stereocenters. The number of nitrogens with zero attached hydrogens (tertiary/aromatic N) is 1. The van der Waals surface area contributed by atoms with Gasteiger partial charge in [0, 0.05) is 40.9 Å². The monoisotopic (exact) mass is 533 g/mol. The van der Waals surface area contributed by atoms with Crippen LogP contribution in [0.5, 0.6) is 23.1 Å². The van der Waals surface area contributed by atoms with Crippen molar-refractivity contribution >= 4 is 12.0 Å². The second-order valence-corrected chi connectivity index (χ2v) is 10.5. The normalized spacial score (nSPS) is 18.0. The van der Waals surface area contributed by atoms with Gasteiger partial charge in [0.25, 0.3) is 0 Å². The minimum Gasteiger partial charge on any atom is -0.492 e. The number of carbonyl (C=O) groups excluding carboxylic acids is 1. The maximum absolute atomic E-state index is 15.0. The molecule has 2 aliphatic rings. The van der Waals surface area contributed by atoms with Gasteiger partial charge in [0.1, 0.15) is 29.2 Å². The molecule has 2 aromatic carbocycles. The quantitative estimate of drug-likeness (QED) is 0.323. The summed E-state index contributed by atoms with van der Waals surface area (Å²) in [5.41, 5.74) is 2.32. The van der Waals surface area contributed by atoms with Crippen molar-refractivity contribution in [2.75, 3.05) is 13.7 Å². The summed E-state index contributed by atoms with van der Waals surface area (Å²) in [7, 11) is 1.37. The number of hydrogen-bond donors (Lipinski definition) is 1. The van der Waals surface area contributed by atoms with Gasteiger partial charge in [-0.1, -0.05) is 18.2 Å². The summed E-state index contributed by atoms with van der Waals surface area (Å²) >= 11 is 0. The van der Waals surface area contributed by atoms with Crippen LogP contribution in [0.15, 0.2) is 54.7 Å². The highest BCUT2D eigenvalue weighted by Gasteiger charge is 2.32. The summed E-state index contributed by atoms with van der Waals surface area (Å²) in [5, 5.41) is 9.84. The Hall–Kier alpha value is -3.91. The highest BCUT2D eigenvalue weighted by molar-refractivity contribution is 5.71. The molecule has 1 aliphatic carbocycles. The SMILES string of the molecule is COC(=O)CC1COc2cc(O[C@@H]3CCc4c(Oc5ccc(C=CCC(C)(C)O)cn5)ccc(F)c43)ccc21. The third kappa shape index (κ3) is 6.23. The van der Waals surface area contributed by atoms with Crippen molar-refractivity contribution in [3.63, 3.8) is 0 Å². The lowest BCUT2D eigenvalue weighted by Gasteiger charge is -2.17. The molecule has 1 N–H and O–H groups in total. The molecule has 0 saturated carbocycles. The van der Waals surface area contributed by atoms with Gasteiger partial charge in [0.15, 0.2) is 0 Å². The van der Waals surface area contributed by atoms with Crippen LogP contribution in [0.3, 0.4) is 0 Å². The van der Waals surface area contributed by atoms with Crippen molar-refractivity contribution in [1.29, 1.82) is 0 Å². The highest BCUT2D eigenvalue weighted by atomic mass is 19.1. The van der Waals surface area contributed by atoms with Crippen LogP contribution in [0.2, 0.25) is 0 Å². The van der Waals surface area contributed by atoms with Gasteiger partial charge in [-0.15, -0.1) is 0 Å². The number of halogens is 1. The van der Waals surface area contributed by atoms with Gasteiger partial charge in [-0.2, -0.15) is 0 Å². The molecule has 0 fully saturated rings.